The van der Waals surface area contributed by atoms with Crippen LogP contribution in [0.1, 0.15) is 20.3 Å². The Morgan fingerprint density at radius 2 is 2.24 bits per heavy atom. The predicted octanol–water partition coefficient (Wildman–Crippen LogP) is 1.04. The maximum absolute atomic E-state index is 12.2. The Hall–Kier alpha value is -0.890. The fourth-order valence-electron chi connectivity index (χ4n) is 2.40. The summed E-state index contributed by atoms with van der Waals surface area (Å²) in [5, 5.41) is -0.135. The number of nitrogens with zero attached hydrogens (tertiary/aromatic N) is 1. The molecule has 1 aromatic rings. The smallest absolute Gasteiger partial charge is 0.266 e. The number of aromatic nitrogens is 1. The van der Waals surface area contributed by atoms with E-state index in [9.17, 15) is 13.2 Å². The first kappa shape index (κ1) is 16.5. The van der Waals surface area contributed by atoms with Crippen molar-refractivity contribution in [2.24, 2.45) is 5.92 Å². The summed E-state index contributed by atoms with van der Waals surface area (Å²) in [7, 11) is -3.65. The molecule has 1 fully saturated rings. The number of halogens is 1. The van der Waals surface area contributed by atoms with E-state index in [0.717, 1.165) is 31.8 Å². The van der Waals surface area contributed by atoms with Crippen molar-refractivity contribution in [2.75, 3.05) is 19.6 Å². The minimum atomic E-state index is -3.65. The first-order valence-electron chi connectivity index (χ1n) is 6.91. The summed E-state index contributed by atoms with van der Waals surface area (Å²) in [4.78, 5) is 15.8. The van der Waals surface area contributed by atoms with Crippen LogP contribution < -0.4 is 10.3 Å². The Bertz CT molecular complexity index is 657. The van der Waals surface area contributed by atoms with Crippen molar-refractivity contribution in [3.05, 3.63) is 27.6 Å². The van der Waals surface area contributed by atoms with Crippen LogP contribution in [-0.4, -0.2) is 44.0 Å². The van der Waals surface area contributed by atoms with Gasteiger partial charge in [-0.1, -0.05) is 11.6 Å². The van der Waals surface area contributed by atoms with E-state index in [0.29, 0.717) is 18.5 Å². The van der Waals surface area contributed by atoms with Crippen LogP contribution in [0.4, 0.5) is 0 Å². The fraction of sp³-hybridized carbons (Fsp3) is 0.615. The lowest BCUT2D eigenvalue weighted by atomic mass is 10.1. The van der Waals surface area contributed by atoms with Gasteiger partial charge < -0.3 is 9.88 Å². The third-order valence-corrected chi connectivity index (χ3v) is 5.44. The lowest BCUT2D eigenvalue weighted by molar-refractivity contribution is 0.265. The maximum Gasteiger partial charge on any atom is 0.266 e. The lowest BCUT2D eigenvalue weighted by Crippen LogP contribution is -2.33. The van der Waals surface area contributed by atoms with Gasteiger partial charge in [-0.3, -0.25) is 4.79 Å². The molecule has 0 amide bonds. The molecule has 0 bridgehead atoms. The van der Waals surface area contributed by atoms with Gasteiger partial charge >= 0.3 is 0 Å². The number of hydrogen-bond donors (Lipinski definition) is 2. The number of sulfonamides is 1. The number of likely N-dealkylation sites (tertiary alicyclic amines) is 1. The van der Waals surface area contributed by atoms with E-state index in [4.69, 9.17) is 11.6 Å². The second-order valence-electron chi connectivity index (χ2n) is 5.61. The molecule has 1 aliphatic rings. The standard InChI is InChI=1S/C13H20ClN3O3S/c1-9(2)17-4-3-10(8-17)6-16-21(19,20)11-5-12(14)13(18)15-7-11/h5,7,9-10,16H,3-4,6,8H2,1-2H3,(H,15,18). The summed E-state index contributed by atoms with van der Waals surface area (Å²) in [5.41, 5.74) is -0.501. The molecular formula is C13H20ClN3O3S. The zero-order valence-electron chi connectivity index (χ0n) is 12.1. The van der Waals surface area contributed by atoms with Gasteiger partial charge in [-0.15, -0.1) is 0 Å². The quantitative estimate of drug-likeness (QED) is 0.843. The SMILES string of the molecule is CC(C)N1CCC(CNS(=O)(=O)c2c[nH]c(=O)c(Cl)c2)C1. The monoisotopic (exact) mass is 333 g/mol. The second kappa shape index (κ2) is 6.48. The highest BCUT2D eigenvalue weighted by molar-refractivity contribution is 7.89. The molecule has 6 nitrogen and oxygen atoms in total. The van der Waals surface area contributed by atoms with E-state index in [-0.39, 0.29) is 9.92 Å². The van der Waals surface area contributed by atoms with Crippen LogP contribution in [0.2, 0.25) is 5.02 Å². The van der Waals surface area contributed by atoms with Crippen LogP contribution in [0.3, 0.4) is 0 Å². The molecule has 118 valence electrons. The first-order valence-corrected chi connectivity index (χ1v) is 8.77. The van der Waals surface area contributed by atoms with Gasteiger partial charge in [-0.25, -0.2) is 13.1 Å². The summed E-state index contributed by atoms with van der Waals surface area (Å²) in [6, 6.07) is 1.64. The third-order valence-electron chi connectivity index (χ3n) is 3.75. The molecule has 2 N–H and O–H groups in total. The Morgan fingerprint density at radius 1 is 1.52 bits per heavy atom. The van der Waals surface area contributed by atoms with E-state index in [2.05, 4.69) is 28.5 Å². The van der Waals surface area contributed by atoms with Crippen LogP contribution in [0.25, 0.3) is 0 Å². The van der Waals surface area contributed by atoms with Crippen LogP contribution in [0.5, 0.6) is 0 Å². The number of aromatic amines is 1. The summed E-state index contributed by atoms with van der Waals surface area (Å²) >= 11 is 5.66. The molecule has 0 aliphatic carbocycles. The van der Waals surface area contributed by atoms with E-state index < -0.39 is 15.6 Å². The predicted molar refractivity (Wildman–Crippen MR) is 82.1 cm³/mol. The normalized spacial score (nSPS) is 20.3. The highest BCUT2D eigenvalue weighted by Crippen LogP contribution is 2.18. The van der Waals surface area contributed by atoms with E-state index in [1.54, 1.807) is 0 Å². The lowest BCUT2D eigenvalue weighted by Gasteiger charge is -2.20. The number of pyridine rings is 1. The van der Waals surface area contributed by atoms with E-state index in [1.807, 2.05) is 0 Å². The topological polar surface area (TPSA) is 82.3 Å². The summed E-state index contributed by atoms with van der Waals surface area (Å²) in [5.74, 6) is 0.306. The van der Waals surface area contributed by atoms with Crippen molar-refractivity contribution in [1.29, 1.82) is 0 Å². The summed E-state index contributed by atoms with van der Waals surface area (Å²) < 4.78 is 26.9. The van der Waals surface area contributed by atoms with Gasteiger partial charge in [-0.2, -0.15) is 0 Å². The zero-order valence-corrected chi connectivity index (χ0v) is 13.7. The van der Waals surface area contributed by atoms with Crippen LogP contribution in [0.15, 0.2) is 22.0 Å². The second-order valence-corrected chi connectivity index (χ2v) is 7.78. The third kappa shape index (κ3) is 4.06. The maximum atomic E-state index is 12.2. The van der Waals surface area contributed by atoms with Gasteiger partial charge in [0.05, 0.1) is 4.90 Å². The van der Waals surface area contributed by atoms with Gasteiger partial charge in [0.15, 0.2) is 0 Å². The van der Waals surface area contributed by atoms with Gasteiger partial charge in [0, 0.05) is 25.3 Å². The molecule has 21 heavy (non-hydrogen) atoms. The zero-order chi connectivity index (χ0) is 15.6. The average Bonchev–Trinajstić information content (AvgIpc) is 2.89. The molecule has 0 radical (unpaired) electrons. The molecule has 1 saturated heterocycles. The minimum Gasteiger partial charge on any atom is -0.326 e. The molecule has 2 heterocycles. The summed E-state index contributed by atoms with van der Waals surface area (Å²) in [6.07, 6.45) is 2.14. The number of nitrogens with one attached hydrogen (secondary N) is 2. The van der Waals surface area contributed by atoms with Crippen molar-refractivity contribution >= 4 is 21.6 Å². The van der Waals surface area contributed by atoms with Crippen LogP contribution in [0, 0.1) is 5.92 Å². The van der Waals surface area contributed by atoms with Crippen molar-refractivity contribution in [1.82, 2.24) is 14.6 Å². The van der Waals surface area contributed by atoms with Crippen molar-refractivity contribution in [2.45, 2.75) is 31.2 Å². The van der Waals surface area contributed by atoms with Gasteiger partial charge in [0.25, 0.3) is 5.56 Å². The minimum absolute atomic E-state index is 0.0224. The molecule has 0 saturated carbocycles. The summed E-state index contributed by atoms with van der Waals surface area (Å²) in [6.45, 7) is 6.55. The van der Waals surface area contributed by atoms with Crippen molar-refractivity contribution < 1.29 is 8.42 Å². The van der Waals surface area contributed by atoms with Crippen LogP contribution >= 0.6 is 11.6 Å². The van der Waals surface area contributed by atoms with Crippen molar-refractivity contribution in [3.63, 3.8) is 0 Å². The highest BCUT2D eigenvalue weighted by atomic mass is 35.5. The molecule has 1 atom stereocenters. The Kier molecular flexibility index (Phi) is 5.08. The molecule has 8 heteroatoms. The Labute approximate surface area is 129 Å². The number of hydrogen-bond acceptors (Lipinski definition) is 4. The van der Waals surface area contributed by atoms with Gasteiger partial charge in [0.2, 0.25) is 10.0 Å². The first-order chi connectivity index (χ1) is 9.79. The number of H-pyrrole nitrogens is 1. The molecule has 1 aromatic heterocycles. The fourth-order valence-corrected chi connectivity index (χ4v) is 3.75. The Morgan fingerprint density at radius 3 is 2.81 bits per heavy atom. The molecule has 1 aliphatic heterocycles. The van der Waals surface area contributed by atoms with Crippen LogP contribution in [-0.2, 0) is 10.0 Å². The molecule has 0 spiro atoms. The molecular weight excluding hydrogens is 314 g/mol. The van der Waals surface area contributed by atoms with Gasteiger partial charge in [-0.05, 0) is 38.8 Å². The molecule has 2 rings (SSSR count). The molecule has 1 unspecified atom stereocenters. The van der Waals surface area contributed by atoms with E-state index >= 15 is 0 Å². The largest absolute Gasteiger partial charge is 0.326 e. The average molecular weight is 334 g/mol. The highest BCUT2D eigenvalue weighted by Gasteiger charge is 2.26. The van der Waals surface area contributed by atoms with Gasteiger partial charge in [0.1, 0.15) is 5.02 Å². The number of rotatable bonds is 5. The Balaban J connectivity index is 1.99. The van der Waals surface area contributed by atoms with E-state index in [1.165, 1.54) is 0 Å². The molecule has 0 aromatic carbocycles. The van der Waals surface area contributed by atoms with Crippen molar-refractivity contribution in [3.8, 4) is 0 Å².